The van der Waals surface area contributed by atoms with Crippen molar-refractivity contribution in [1.82, 2.24) is 10.4 Å². The fourth-order valence-electron chi connectivity index (χ4n) is 3.11. The van der Waals surface area contributed by atoms with Crippen molar-refractivity contribution >= 4 is 41.1 Å². The van der Waals surface area contributed by atoms with Crippen molar-refractivity contribution in [3.05, 3.63) is 92.3 Å². The van der Waals surface area contributed by atoms with Crippen LogP contribution in [0.1, 0.15) is 37.6 Å². The first kappa shape index (κ1) is 30.0. The van der Waals surface area contributed by atoms with Gasteiger partial charge in [-0.1, -0.05) is 17.7 Å². The van der Waals surface area contributed by atoms with Gasteiger partial charge in [0.15, 0.2) is 5.82 Å². The number of hydrazine groups is 1. The highest BCUT2D eigenvalue weighted by atomic mass is 35.5. The van der Waals surface area contributed by atoms with E-state index in [1.807, 2.05) is 0 Å². The number of halogens is 7. The Morgan fingerprint density at radius 3 is 2.35 bits per heavy atom. The molecule has 0 saturated carbocycles. The number of rotatable bonds is 7. The monoisotopic (exact) mass is 590 g/mol. The SMILES string of the molecule is COC(=O)c1cc(NC(=O)c2cccc(C(F)(F)F)c2)c(=O)oc1C=CNN(C)c1ncc(C(F)(F)F)cc1Cl. The fraction of sp³-hybridized carbons (Fsp3) is 0.167. The smallest absolute Gasteiger partial charge is 0.417 e. The number of carbonyl (C=O) groups excluding carboxylic acids is 2. The van der Waals surface area contributed by atoms with Gasteiger partial charge >= 0.3 is 23.9 Å². The quantitative estimate of drug-likeness (QED) is 0.214. The number of aromatic nitrogens is 1. The second kappa shape index (κ2) is 11.7. The van der Waals surface area contributed by atoms with E-state index < -0.39 is 52.2 Å². The van der Waals surface area contributed by atoms with Crippen LogP contribution in [0.25, 0.3) is 6.08 Å². The van der Waals surface area contributed by atoms with Crippen LogP contribution in [0.4, 0.5) is 37.8 Å². The number of ether oxygens (including phenoxy) is 1. The molecular formula is C24H17ClF6N4O5. The first-order valence-corrected chi connectivity index (χ1v) is 11.1. The number of methoxy groups -OCH3 is 1. The molecule has 0 fully saturated rings. The zero-order valence-corrected chi connectivity index (χ0v) is 21.0. The average molecular weight is 591 g/mol. The van der Waals surface area contributed by atoms with Crippen molar-refractivity contribution in [2.45, 2.75) is 12.4 Å². The molecule has 16 heteroatoms. The van der Waals surface area contributed by atoms with Crippen molar-refractivity contribution in [3.63, 3.8) is 0 Å². The highest BCUT2D eigenvalue weighted by Crippen LogP contribution is 2.33. The molecule has 0 unspecified atom stereocenters. The molecule has 2 heterocycles. The van der Waals surface area contributed by atoms with Gasteiger partial charge in [0, 0.05) is 25.0 Å². The lowest BCUT2D eigenvalue weighted by Crippen LogP contribution is -2.30. The Morgan fingerprint density at radius 2 is 1.75 bits per heavy atom. The lowest BCUT2D eigenvalue weighted by Gasteiger charge is -2.19. The van der Waals surface area contributed by atoms with E-state index in [0.29, 0.717) is 18.3 Å². The Morgan fingerprint density at radius 1 is 1.07 bits per heavy atom. The summed E-state index contributed by atoms with van der Waals surface area (Å²) in [5, 5.41) is 2.89. The molecule has 0 radical (unpaired) electrons. The Balaban J connectivity index is 1.84. The number of anilines is 2. The standard InChI is InChI=1S/C24H17ClF6N4O5/c1-35(19-16(25)9-14(11-32-19)24(29,30)31)33-7-6-18-15(21(37)39-2)10-17(22(38)40-18)34-20(36)12-4-3-5-13(8-12)23(26,27)28/h3-11,33H,1-2H3,(H,34,36). The lowest BCUT2D eigenvalue weighted by atomic mass is 10.1. The Hall–Kier alpha value is -4.53. The number of nitrogens with zero attached hydrogens (tertiary/aromatic N) is 2. The van der Waals surface area contributed by atoms with E-state index in [1.165, 1.54) is 7.05 Å². The maximum absolute atomic E-state index is 13.0. The first-order valence-electron chi connectivity index (χ1n) is 10.8. The third-order valence-electron chi connectivity index (χ3n) is 5.05. The van der Waals surface area contributed by atoms with Crippen LogP contribution in [-0.2, 0) is 17.1 Å². The zero-order valence-electron chi connectivity index (χ0n) is 20.3. The van der Waals surface area contributed by atoms with Gasteiger partial charge in [-0.3, -0.25) is 9.80 Å². The number of pyridine rings is 1. The molecule has 0 aliphatic carbocycles. The Bertz CT molecular complexity index is 1520. The third-order valence-corrected chi connectivity index (χ3v) is 5.33. The van der Waals surface area contributed by atoms with Crippen molar-refractivity contribution in [1.29, 1.82) is 0 Å². The van der Waals surface area contributed by atoms with E-state index in [9.17, 15) is 40.7 Å². The maximum atomic E-state index is 13.0. The second-order valence-corrected chi connectivity index (χ2v) is 8.21. The Kier molecular flexibility index (Phi) is 8.77. The van der Waals surface area contributed by atoms with E-state index in [1.54, 1.807) is 0 Å². The number of benzene rings is 1. The summed E-state index contributed by atoms with van der Waals surface area (Å²) in [6.45, 7) is 0. The van der Waals surface area contributed by atoms with Crippen LogP contribution in [0.3, 0.4) is 0 Å². The minimum Gasteiger partial charge on any atom is -0.465 e. The van der Waals surface area contributed by atoms with Crippen LogP contribution in [0.5, 0.6) is 0 Å². The summed E-state index contributed by atoms with van der Waals surface area (Å²) in [7, 11) is 2.38. The summed E-state index contributed by atoms with van der Waals surface area (Å²) in [6.07, 6.45) is -6.58. The summed E-state index contributed by atoms with van der Waals surface area (Å²) >= 11 is 5.89. The molecule has 3 aromatic rings. The fourth-order valence-corrected chi connectivity index (χ4v) is 3.41. The summed E-state index contributed by atoms with van der Waals surface area (Å²) in [5.74, 6) is -2.54. The van der Waals surface area contributed by atoms with Gasteiger partial charge in [-0.15, -0.1) is 0 Å². The second-order valence-electron chi connectivity index (χ2n) is 7.80. The van der Waals surface area contributed by atoms with Gasteiger partial charge in [0.1, 0.15) is 17.0 Å². The van der Waals surface area contributed by atoms with Crippen LogP contribution in [-0.4, -0.2) is 31.0 Å². The van der Waals surface area contributed by atoms with Crippen molar-refractivity contribution in [2.75, 3.05) is 24.5 Å². The molecular weight excluding hydrogens is 574 g/mol. The number of nitrogens with one attached hydrogen (secondary N) is 2. The number of amides is 1. The zero-order chi connectivity index (χ0) is 29.8. The molecule has 0 bridgehead atoms. The Labute approximate surface area is 226 Å². The van der Waals surface area contributed by atoms with Crippen molar-refractivity contribution in [2.24, 2.45) is 0 Å². The van der Waals surface area contributed by atoms with E-state index in [0.717, 1.165) is 48.7 Å². The molecule has 9 nitrogen and oxygen atoms in total. The van der Waals surface area contributed by atoms with Crippen molar-refractivity contribution in [3.8, 4) is 0 Å². The number of hydrogen-bond donors (Lipinski definition) is 2. The minimum atomic E-state index is -4.71. The molecule has 0 atom stereocenters. The molecule has 0 aliphatic rings. The molecule has 212 valence electrons. The molecule has 0 aliphatic heterocycles. The van der Waals surface area contributed by atoms with Crippen LogP contribution in [0.2, 0.25) is 5.02 Å². The van der Waals surface area contributed by atoms with Gasteiger partial charge < -0.3 is 19.9 Å². The third kappa shape index (κ3) is 7.11. The van der Waals surface area contributed by atoms with Crippen LogP contribution in [0, 0.1) is 0 Å². The van der Waals surface area contributed by atoms with Crippen molar-refractivity contribution < 1.29 is 45.1 Å². The predicted octanol–water partition coefficient (Wildman–Crippen LogP) is 5.38. The van der Waals surface area contributed by atoms with E-state index in [4.69, 9.17) is 16.0 Å². The molecule has 2 N–H and O–H groups in total. The lowest BCUT2D eigenvalue weighted by molar-refractivity contribution is -0.138. The van der Waals surface area contributed by atoms with E-state index in [2.05, 4.69) is 20.5 Å². The average Bonchev–Trinajstić information content (AvgIpc) is 2.88. The highest BCUT2D eigenvalue weighted by molar-refractivity contribution is 6.33. The molecule has 2 aromatic heterocycles. The summed E-state index contributed by atoms with van der Waals surface area (Å²) < 4.78 is 87.1. The molecule has 1 amide bonds. The first-order chi connectivity index (χ1) is 18.6. The summed E-state index contributed by atoms with van der Waals surface area (Å²) in [4.78, 5) is 40.9. The van der Waals surface area contributed by atoms with Gasteiger partial charge in [0.25, 0.3) is 5.91 Å². The van der Waals surface area contributed by atoms with Crippen LogP contribution >= 0.6 is 11.6 Å². The number of carbonyl (C=O) groups is 2. The topological polar surface area (TPSA) is 114 Å². The van der Waals surface area contributed by atoms with Gasteiger partial charge in [0.05, 0.1) is 23.3 Å². The molecule has 40 heavy (non-hydrogen) atoms. The molecule has 1 aromatic carbocycles. The molecule has 3 rings (SSSR count). The predicted molar refractivity (Wildman–Crippen MR) is 131 cm³/mol. The van der Waals surface area contributed by atoms with Crippen LogP contribution in [0.15, 0.2) is 58.0 Å². The largest absolute Gasteiger partial charge is 0.465 e. The number of hydrogen-bond acceptors (Lipinski definition) is 8. The summed E-state index contributed by atoms with van der Waals surface area (Å²) in [5.41, 5.74) is -2.06. The van der Waals surface area contributed by atoms with Gasteiger partial charge in [-0.2, -0.15) is 26.3 Å². The maximum Gasteiger partial charge on any atom is 0.417 e. The highest BCUT2D eigenvalue weighted by Gasteiger charge is 2.32. The van der Waals surface area contributed by atoms with E-state index >= 15 is 0 Å². The molecule has 0 saturated heterocycles. The number of esters is 1. The minimum absolute atomic E-state index is 0.0957. The molecule has 0 spiro atoms. The normalized spacial score (nSPS) is 11.8. The van der Waals surface area contributed by atoms with Gasteiger partial charge in [0.2, 0.25) is 0 Å². The van der Waals surface area contributed by atoms with E-state index in [-0.39, 0.29) is 22.2 Å². The van der Waals surface area contributed by atoms with Gasteiger partial charge in [-0.25, -0.2) is 14.6 Å². The van der Waals surface area contributed by atoms with Crippen LogP contribution < -0.4 is 21.4 Å². The van der Waals surface area contributed by atoms with Gasteiger partial charge in [-0.05, 0) is 36.4 Å². The summed E-state index contributed by atoms with van der Waals surface area (Å²) in [6, 6.07) is 5.01. The number of alkyl halides is 6.